The molecule has 0 unspecified atom stereocenters. The van der Waals surface area contributed by atoms with Crippen molar-refractivity contribution in [3.63, 3.8) is 0 Å². The summed E-state index contributed by atoms with van der Waals surface area (Å²) in [7, 11) is 0. The fourth-order valence-corrected chi connectivity index (χ4v) is 2.03. The monoisotopic (exact) mass is 235 g/mol. The zero-order chi connectivity index (χ0) is 13.2. The van der Waals surface area contributed by atoms with Gasteiger partial charge in [-0.2, -0.15) is 0 Å². The lowest BCUT2D eigenvalue weighted by molar-refractivity contribution is 0.0363. The molecule has 0 saturated heterocycles. The molecule has 0 spiro atoms. The van der Waals surface area contributed by atoms with Crippen LogP contribution in [0.1, 0.15) is 45.1 Å². The van der Waals surface area contributed by atoms with Crippen LogP contribution in [0.3, 0.4) is 0 Å². The molecule has 0 heterocycles. The van der Waals surface area contributed by atoms with Crippen LogP contribution in [0, 0.1) is 34.6 Å². The van der Waals surface area contributed by atoms with Gasteiger partial charge in [-0.15, -0.1) is 0 Å². The summed E-state index contributed by atoms with van der Waals surface area (Å²) in [5, 5.41) is 0. The van der Waals surface area contributed by atoms with Gasteiger partial charge in [0.05, 0.1) is 6.61 Å². The minimum atomic E-state index is -0.159. The fraction of sp³-hybridized carbons (Fsp3) is 0.500. The average Bonchev–Trinajstić information content (AvgIpc) is 2.31. The van der Waals surface area contributed by atoms with Crippen LogP contribution in [0.2, 0.25) is 0 Å². The van der Waals surface area contributed by atoms with Crippen LogP contribution < -0.4 is 5.48 Å². The van der Waals surface area contributed by atoms with Gasteiger partial charge in [-0.05, 0) is 69.4 Å². The van der Waals surface area contributed by atoms with E-state index < -0.39 is 0 Å². The number of carbonyl (C=O) groups excluding carboxylic acids is 1. The topological polar surface area (TPSA) is 38.3 Å². The number of nitrogens with one attached hydrogen (secondary N) is 1. The van der Waals surface area contributed by atoms with Crippen LogP contribution in [0.4, 0.5) is 0 Å². The van der Waals surface area contributed by atoms with E-state index in [1.807, 2.05) is 20.8 Å². The van der Waals surface area contributed by atoms with Gasteiger partial charge in [0, 0.05) is 5.56 Å². The highest BCUT2D eigenvalue weighted by Gasteiger charge is 2.17. The second kappa shape index (κ2) is 5.32. The second-order valence-corrected chi connectivity index (χ2v) is 4.36. The van der Waals surface area contributed by atoms with E-state index in [1.54, 1.807) is 0 Å². The van der Waals surface area contributed by atoms with Gasteiger partial charge >= 0.3 is 0 Å². The number of benzene rings is 1. The summed E-state index contributed by atoms with van der Waals surface area (Å²) in [4.78, 5) is 17.0. The van der Waals surface area contributed by atoms with Crippen molar-refractivity contribution in [2.24, 2.45) is 0 Å². The summed E-state index contributed by atoms with van der Waals surface area (Å²) in [6, 6.07) is 0. The summed E-state index contributed by atoms with van der Waals surface area (Å²) in [5.41, 5.74) is 8.87. The van der Waals surface area contributed by atoms with Crippen LogP contribution in [0.25, 0.3) is 0 Å². The Labute approximate surface area is 103 Å². The van der Waals surface area contributed by atoms with Gasteiger partial charge in [-0.3, -0.25) is 9.63 Å². The standard InChI is InChI=1S/C14H21NO2/c1-7-17-15-14(16)13-11(5)9(3)8(2)10(4)12(13)6/h7H2,1-6H3,(H,15,16). The molecular formula is C14H21NO2. The number of carbonyl (C=O) groups is 1. The molecule has 0 radical (unpaired) electrons. The molecular weight excluding hydrogens is 214 g/mol. The normalized spacial score (nSPS) is 10.5. The Bertz CT molecular complexity index is 421. The van der Waals surface area contributed by atoms with E-state index in [1.165, 1.54) is 16.7 Å². The van der Waals surface area contributed by atoms with Crippen molar-refractivity contribution in [2.75, 3.05) is 6.61 Å². The van der Waals surface area contributed by atoms with Crippen LogP contribution in [0.15, 0.2) is 0 Å². The minimum Gasteiger partial charge on any atom is -0.274 e. The lowest BCUT2D eigenvalue weighted by Crippen LogP contribution is -2.26. The van der Waals surface area contributed by atoms with Gasteiger partial charge in [-0.25, -0.2) is 5.48 Å². The van der Waals surface area contributed by atoms with E-state index >= 15 is 0 Å². The summed E-state index contributed by atoms with van der Waals surface area (Å²) >= 11 is 0. The summed E-state index contributed by atoms with van der Waals surface area (Å²) in [6.07, 6.45) is 0. The molecule has 0 aliphatic rings. The molecule has 94 valence electrons. The molecule has 1 aromatic rings. The minimum absolute atomic E-state index is 0.159. The van der Waals surface area contributed by atoms with E-state index in [2.05, 4.69) is 26.3 Å². The first-order chi connectivity index (χ1) is 7.91. The smallest absolute Gasteiger partial charge is 0.274 e. The SMILES string of the molecule is CCONC(=O)c1c(C)c(C)c(C)c(C)c1C. The van der Waals surface area contributed by atoms with E-state index in [-0.39, 0.29) is 5.91 Å². The molecule has 1 amide bonds. The number of hydrogen-bond donors (Lipinski definition) is 1. The van der Waals surface area contributed by atoms with Crippen molar-refractivity contribution in [3.05, 3.63) is 33.4 Å². The molecule has 1 N–H and O–H groups in total. The molecule has 0 fully saturated rings. The first-order valence-electron chi connectivity index (χ1n) is 5.90. The Morgan fingerprint density at radius 3 is 1.76 bits per heavy atom. The highest BCUT2D eigenvalue weighted by molar-refractivity contribution is 5.97. The van der Waals surface area contributed by atoms with Gasteiger partial charge in [0.2, 0.25) is 0 Å². The summed E-state index contributed by atoms with van der Waals surface area (Å²) in [6.45, 7) is 12.5. The van der Waals surface area contributed by atoms with E-state index in [9.17, 15) is 4.79 Å². The molecule has 3 nitrogen and oxygen atoms in total. The average molecular weight is 235 g/mol. The molecule has 0 aliphatic heterocycles. The van der Waals surface area contributed by atoms with Gasteiger partial charge < -0.3 is 0 Å². The Hall–Kier alpha value is -1.35. The van der Waals surface area contributed by atoms with E-state index in [4.69, 9.17) is 4.84 Å². The van der Waals surface area contributed by atoms with Gasteiger partial charge in [0.15, 0.2) is 0 Å². The van der Waals surface area contributed by atoms with Crippen LogP contribution >= 0.6 is 0 Å². The molecule has 3 heteroatoms. The lowest BCUT2D eigenvalue weighted by atomic mass is 9.89. The maximum atomic E-state index is 12.0. The molecule has 1 rings (SSSR count). The second-order valence-electron chi connectivity index (χ2n) is 4.36. The molecule has 1 aromatic carbocycles. The maximum Gasteiger partial charge on any atom is 0.275 e. The van der Waals surface area contributed by atoms with Crippen LogP contribution in [0.5, 0.6) is 0 Å². The lowest BCUT2D eigenvalue weighted by Gasteiger charge is -2.17. The summed E-state index contributed by atoms with van der Waals surface area (Å²) < 4.78 is 0. The van der Waals surface area contributed by atoms with Crippen molar-refractivity contribution in [3.8, 4) is 0 Å². The number of rotatable bonds is 3. The fourth-order valence-electron chi connectivity index (χ4n) is 2.03. The maximum absolute atomic E-state index is 12.0. The molecule has 0 aliphatic carbocycles. The van der Waals surface area contributed by atoms with Crippen molar-refractivity contribution in [2.45, 2.75) is 41.5 Å². The number of hydroxylamine groups is 1. The molecule has 17 heavy (non-hydrogen) atoms. The molecule has 0 saturated carbocycles. The molecule has 0 atom stereocenters. The van der Waals surface area contributed by atoms with Gasteiger partial charge in [0.25, 0.3) is 5.91 Å². The van der Waals surface area contributed by atoms with Crippen LogP contribution in [-0.4, -0.2) is 12.5 Å². The first-order valence-corrected chi connectivity index (χ1v) is 5.90. The molecule has 0 aromatic heterocycles. The number of amides is 1. The largest absolute Gasteiger partial charge is 0.275 e. The first kappa shape index (κ1) is 13.7. The zero-order valence-corrected chi connectivity index (χ0v) is 11.5. The van der Waals surface area contributed by atoms with Crippen molar-refractivity contribution >= 4 is 5.91 Å². The van der Waals surface area contributed by atoms with Crippen molar-refractivity contribution < 1.29 is 9.63 Å². The van der Waals surface area contributed by atoms with Gasteiger partial charge in [-0.1, -0.05) is 0 Å². The van der Waals surface area contributed by atoms with Crippen LogP contribution in [-0.2, 0) is 4.84 Å². The third-order valence-electron chi connectivity index (χ3n) is 3.54. The van der Waals surface area contributed by atoms with E-state index in [0.29, 0.717) is 6.61 Å². The predicted octanol–water partition coefficient (Wildman–Crippen LogP) is 2.91. The summed E-state index contributed by atoms with van der Waals surface area (Å²) in [5.74, 6) is -0.159. The van der Waals surface area contributed by atoms with E-state index in [0.717, 1.165) is 16.7 Å². The van der Waals surface area contributed by atoms with Gasteiger partial charge in [0.1, 0.15) is 0 Å². The van der Waals surface area contributed by atoms with Crippen molar-refractivity contribution in [1.82, 2.24) is 5.48 Å². The quantitative estimate of drug-likeness (QED) is 0.818. The predicted molar refractivity (Wildman–Crippen MR) is 69.2 cm³/mol. The zero-order valence-electron chi connectivity index (χ0n) is 11.5. The highest BCUT2D eigenvalue weighted by Crippen LogP contribution is 2.25. The number of hydrogen-bond acceptors (Lipinski definition) is 2. The third-order valence-corrected chi connectivity index (χ3v) is 3.54. The highest BCUT2D eigenvalue weighted by atomic mass is 16.6. The van der Waals surface area contributed by atoms with Crippen molar-refractivity contribution in [1.29, 1.82) is 0 Å². The third kappa shape index (κ3) is 2.50. The Balaban J connectivity index is 3.29. The Morgan fingerprint density at radius 2 is 1.35 bits per heavy atom. The molecule has 0 bridgehead atoms. The Morgan fingerprint density at radius 1 is 0.941 bits per heavy atom. The Kier molecular flexibility index (Phi) is 4.29.